The molecule has 166 valence electrons. The van der Waals surface area contributed by atoms with Gasteiger partial charge in [-0.2, -0.15) is 0 Å². The molecule has 0 radical (unpaired) electrons. The molecule has 1 heterocycles. The lowest BCUT2D eigenvalue weighted by Gasteiger charge is -2.24. The van der Waals surface area contributed by atoms with E-state index in [9.17, 15) is 19.2 Å². The van der Waals surface area contributed by atoms with Crippen molar-refractivity contribution in [1.29, 1.82) is 0 Å². The summed E-state index contributed by atoms with van der Waals surface area (Å²) in [7, 11) is 0. The van der Waals surface area contributed by atoms with E-state index in [1.165, 1.54) is 6.08 Å². The number of nitrogens with zero attached hydrogens (tertiary/aromatic N) is 1. The smallest absolute Gasteiger partial charge is 0.330 e. The monoisotopic (exact) mass is 435 g/mol. The molecule has 1 saturated heterocycles. The minimum atomic E-state index is -1.23. The molecule has 1 atom stereocenters. The Morgan fingerprint density at radius 3 is 2.47 bits per heavy atom. The number of carbonyl (C=O) groups excluding carboxylic acids is 4. The predicted octanol–water partition coefficient (Wildman–Crippen LogP) is 2.98. The van der Waals surface area contributed by atoms with Crippen LogP contribution in [0.4, 0.5) is 10.5 Å². The molecule has 32 heavy (non-hydrogen) atoms. The highest BCUT2D eigenvalue weighted by molar-refractivity contribution is 6.10. The number of imide groups is 1. The minimum Gasteiger partial charge on any atom is -0.463 e. The number of amides is 4. The molecule has 8 nitrogen and oxygen atoms in total. The zero-order valence-corrected chi connectivity index (χ0v) is 18.2. The van der Waals surface area contributed by atoms with Gasteiger partial charge in [0, 0.05) is 11.8 Å². The van der Waals surface area contributed by atoms with Crippen LogP contribution in [0, 0.1) is 6.92 Å². The molecule has 0 aliphatic carbocycles. The van der Waals surface area contributed by atoms with Crippen molar-refractivity contribution < 1.29 is 23.9 Å². The van der Waals surface area contributed by atoms with Crippen LogP contribution in [-0.2, 0) is 24.7 Å². The summed E-state index contributed by atoms with van der Waals surface area (Å²) in [5.41, 5.74) is 1.58. The van der Waals surface area contributed by atoms with E-state index in [1.54, 1.807) is 56.3 Å². The van der Waals surface area contributed by atoms with Gasteiger partial charge in [-0.05, 0) is 55.7 Å². The highest BCUT2D eigenvalue weighted by atomic mass is 16.5. The lowest BCUT2D eigenvalue weighted by atomic mass is 9.88. The third-order valence-corrected chi connectivity index (χ3v) is 5.15. The van der Waals surface area contributed by atoms with Crippen molar-refractivity contribution in [3.63, 3.8) is 0 Å². The van der Waals surface area contributed by atoms with E-state index in [0.29, 0.717) is 17.9 Å². The van der Waals surface area contributed by atoms with Gasteiger partial charge >= 0.3 is 12.0 Å². The molecule has 0 saturated carbocycles. The van der Waals surface area contributed by atoms with Crippen LogP contribution in [-0.4, -0.2) is 41.9 Å². The summed E-state index contributed by atoms with van der Waals surface area (Å²) in [6, 6.07) is 13.4. The van der Waals surface area contributed by atoms with E-state index in [1.807, 2.05) is 19.1 Å². The van der Waals surface area contributed by atoms with E-state index in [4.69, 9.17) is 4.74 Å². The number of benzene rings is 2. The van der Waals surface area contributed by atoms with Crippen molar-refractivity contribution >= 4 is 35.6 Å². The van der Waals surface area contributed by atoms with E-state index in [0.717, 1.165) is 16.0 Å². The molecule has 0 aromatic heterocycles. The van der Waals surface area contributed by atoms with Gasteiger partial charge in [-0.3, -0.25) is 14.5 Å². The fourth-order valence-corrected chi connectivity index (χ4v) is 3.53. The van der Waals surface area contributed by atoms with Crippen LogP contribution in [0.15, 0.2) is 54.6 Å². The van der Waals surface area contributed by atoms with E-state index in [2.05, 4.69) is 10.6 Å². The van der Waals surface area contributed by atoms with Crippen LogP contribution in [0.1, 0.15) is 30.5 Å². The van der Waals surface area contributed by atoms with Crippen molar-refractivity contribution in [2.75, 3.05) is 18.5 Å². The van der Waals surface area contributed by atoms with Crippen molar-refractivity contribution in [3.8, 4) is 0 Å². The Morgan fingerprint density at radius 2 is 1.81 bits per heavy atom. The van der Waals surface area contributed by atoms with Crippen LogP contribution < -0.4 is 10.6 Å². The average Bonchev–Trinajstić information content (AvgIpc) is 2.97. The van der Waals surface area contributed by atoms with Crippen LogP contribution in [0.5, 0.6) is 0 Å². The molecule has 1 aliphatic heterocycles. The van der Waals surface area contributed by atoms with E-state index < -0.39 is 35.9 Å². The SMILES string of the molecule is CCOC(=O)/C=C/c1ccc(NC(=O)CN2C(=O)NC(C)(c3ccccc3C)C2=O)cc1. The molecule has 8 heteroatoms. The first-order chi connectivity index (χ1) is 15.2. The molecule has 1 aliphatic rings. The third kappa shape index (κ3) is 4.85. The van der Waals surface area contributed by atoms with Crippen molar-refractivity contribution in [3.05, 3.63) is 71.3 Å². The molecule has 4 amide bonds. The fourth-order valence-electron chi connectivity index (χ4n) is 3.53. The number of urea groups is 1. The molecule has 3 rings (SSSR count). The summed E-state index contributed by atoms with van der Waals surface area (Å²) < 4.78 is 4.82. The average molecular weight is 435 g/mol. The van der Waals surface area contributed by atoms with Gasteiger partial charge in [-0.25, -0.2) is 9.59 Å². The zero-order valence-electron chi connectivity index (χ0n) is 18.2. The minimum absolute atomic E-state index is 0.301. The van der Waals surface area contributed by atoms with Crippen LogP contribution in [0.3, 0.4) is 0 Å². The Labute approximate surface area is 186 Å². The molecule has 2 aromatic carbocycles. The van der Waals surface area contributed by atoms with Crippen molar-refractivity contribution in [1.82, 2.24) is 10.2 Å². The van der Waals surface area contributed by atoms with E-state index >= 15 is 0 Å². The fraction of sp³-hybridized carbons (Fsp3) is 0.250. The molecule has 2 N–H and O–H groups in total. The Morgan fingerprint density at radius 1 is 1.12 bits per heavy atom. The summed E-state index contributed by atoms with van der Waals surface area (Å²) in [4.78, 5) is 50.2. The first-order valence-corrected chi connectivity index (χ1v) is 10.2. The number of rotatable bonds is 7. The van der Waals surface area contributed by atoms with Crippen LogP contribution in [0.2, 0.25) is 0 Å². The summed E-state index contributed by atoms with van der Waals surface area (Å²) in [5, 5.41) is 5.38. The summed E-state index contributed by atoms with van der Waals surface area (Å²) in [6.07, 6.45) is 2.92. The Kier molecular flexibility index (Phi) is 6.73. The van der Waals surface area contributed by atoms with Gasteiger partial charge in [0.1, 0.15) is 12.1 Å². The van der Waals surface area contributed by atoms with Gasteiger partial charge in [0.15, 0.2) is 0 Å². The van der Waals surface area contributed by atoms with Gasteiger partial charge in [0.2, 0.25) is 5.91 Å². The number of anilines is 1. The number of nitrogens with one attached hydrogen (secondary N) is 2. The van der Waals surface area contributed by atoms with Crippen molar-refractivity contribution in [2.24, 2.45) is 0 Å². The predicted molar refractivity (Wildman–Crippen MR) is 120 cm³/mol. The molecular weight excluding hydrogens is 410 g/mol. The lowest BCUT2D eigenvalue weighted by Crippen LogP contribution is -2.42. The van der Waals surface area contributed by atoms with E-state index in [-0.39, 0.29) is 0 Å². The summed E-state index contributed by atoms with van der Waals surface area (Å²) >= 11 is 0. The molecular formula is C24H25N3O5. The first-order valence-electron chi connectivity index (χ1n) is 10.2. The Hall–Kier alpha value is -3.94. The molecule has 1 unspecified atom stereocenters. The molecule has 0 spiro atoms. The maximum atomic E-state index is 13.0. The maximum Gasteiger partial charge on any atom is 0.330 e. The number of carbonyl (C=O) groups is 4. The number of ether oxygens (including phenoxy) is 1. The highest BCUT2D eigenvalue weighted by Gasteiger charge is 2.49. The van der Waals surface area contributed by atoms with Gasteiger partial charge in [-0.1, -0.05) is 36.4 Å². The number of esters is 1. The molecule has 2 aromatic rings. The van der Waals surface area contributed by atoms with Gasteiger partial charge in [-0.15, -0.1) is 0 Å². The Bertz CT molecular complexity index is 1080. The summed E-state index contributed by atoms with van der Waals surface area (Å²) in [5.74, 6) is -1.42. The second-order valence-electron chi connectivity index (χ2n) is 7.52. The highest BCUT2D eigenvalue weighted by Crippen LogP contribution is 2.30. The number of hydrogen-bond acceptors (Lipinski definition) is 5. The van der Waals surface area contributed by atoms with Gasteiger partial charge < -0.3 is 15.4 Å². The van der Waals surface area contributed by atoms with Gasteiger partial charge in [0.05, 0.1) is 6.61 Å². The second kappa shape index (κ2) is 9.47. The Balaban J connectivity index is 1.64. The molecule has 1 fully saturated rings. The largest absolute Gasteiger partial charge is 0.463 e. The maximum absolute atomic E-state index is 13.0. The second-order valence-corrected chi connectivity index (χ2v) is 7.52. The van der Waals surface area contributed by atoms with Crippen LogP contribution >= 0.6 is 0 Å². The summed E-state index contributed by atoms with van der Waals surface area (Å²) in [6.45, 7) is 5.12. The number of hydrogen-bond donors (Lipinski definition) is 2. The number of aryl methyl sites for hydroxylation is 1. The standard InChI is InChI=1S/C24H25N3O5/c1-4-32-21(29)14-11-17-9-12-18(13-10-17)25-20(28)15-27-22(30)24(3,26-23(27)31)19-8-6-5-7-16(19)2/h5-14H,4,15H2,1-3H3,(H,25,28)(H,26,31)/b14-11+. The molecule has 0 bridgehead atoms. The third-order valence-electron chi connectivity index (χ3n) is 5.15. The van der Waals surface area contributed by atoms with Crippen molar-refractivity contribution in [2.45, 2.75) is 26.3 Å². The van der Waals surface area contributed by atoms with Crippen LogP contribution in [0.25, 0.3) is 6.08 Å². The van der Waals surface area contributed by atoms with Gasteiger partial charge in [0.25, 0.3) is 5.91 Å². The lowest BCUT2D eigenvalue weighted by molar-refractivity contribution is -0.137. The topological polar surface area (TPSA) is 105 Å². The normalized spacial score (nSPS) is 18.0. The quantitative estimate of drug-likeness (QED) is 0.395. The zero-order chi connectivity index (χ0) is 23.3. The first kappa shape index (κ1) is 22.7.